The predicted molar refractivity (Wildman–Crippen MR) is 73.0 cm³/mol. The van der Waals surface area contributed by atoms with Gasteiger partial charge in [-0.05, 0) is 40.3 Å². The fraction of sp³-hybridized carbons (Fsp3) is 1.00. The Bertz CT molecular complexity index is 327. The highest BCUT2D eigenvalue weighted by Gasteiger charge is 2.31. The molecule has 0 radical (unpaired) electrons. The molecule has 0 aromatic rings. The van der Waals surface area contributed by atoms with Crippen LogP contribution in [0.4, 0.5) is 0 Å². The molecule has 1 fully saturated rings. The molecule has 0 amide bonds. The number of nitrogens with two attached hydrogens (primary N) is 1. The van der Waals surface area contributed by atoms with Gasteiger partial charge in [0.25, 0.3) is 0 Å². The summed E-state index contributed by atoms with van der Waals surface area (Å²) in [7, 11) is -1.66. The smallest absolute Gasteiger partial charge is 0.212 e. The van der Waals surface area contributed by atoms with Crippen LogP contribution in [0.3, 0.4) is 0 Å². The van der Waals surface area contributed by atoms with Gasteiger partial charge in [0.2, 0.25) is 10.0 Å². The Hall–Kier alpha value is 0.120. The average Bonchev–Trinajstić information content (AvgIpc) is 2.49. The predicted octanol–water partition coefficient (Wildman–Crippen LogP) is 0.159. The molecule has 3 N–H and O–H groups in total. The van der Waals surface area contributed by atoms with Crippen LogP contribution in [-0.4, -0.2) is 50.8 Å². The summed E-state index contributed by atoms with van der Waals surface area (Å²) in [5.74, 6) is 0.180. The van der Waals surface area contributed by atoms with Gasteiger partial charge in [-0.2, -0.15) is 0 Å². The Morgan fingerprint density at radius 3 is 2.53 bits per heavy atom. The van der Waals surface area contributed by atoms with Crippen molar-refractivity contribution in [2.45, 2.75) is 38.3 Å². The van der Waals surface area contributed by atoms with Gasteiger partial charge in [0.1, 0.15) is 0 Å². The van der Waals surface area contributed by atoms with E-state index in [1.807, 2.05) is 13.8 Å². The Morgan fingerprint density at radius 2 is 2.06 bits per heavy atom. The standard InChI is InChI=1S/C10H23N3O2S.ClH/c1-10(2,11)8-13-6-4-5-9(13)7-16(14,15)12-3;/h9,12H,4-8,11H2,1-3H3;1H. The van der Waals surface area contributed by atoms with Gasteiger partial charge in [-0.25, -0.2) is 13.1 Å². The number of rotatable bonds is 5. The Balaban J connectivity index is 0.00000256. The lowest BCUT2D eigenvalue weighted by atomic mass is 10.1. The highest BCUT2D eigenvalue weighted by molar-refractivity contribution is 7.89. The van der Waals surface area contributed by atoms with Crippen LogP contribution in [0, 0.1) is 0 Å². The fourth-order valence-corrected chi connectivity index (χ4v) is 3.20. The molecule has 104 valence electrons. The quantitative estimate of drug-likeness (QED) is 0.754. The van der Waals surface area contributed by atoms with Crippen LogP contribution < -0.4 is 10.5 Å². The molecule has 1 unspecified atom stereocenters. The minimum atomic E-state index is -3.12. The van der Waals surface area contributed by atoms with Gasteiger partial charge < -0.3 is 5.73 Å². The van der Waals surface area contributed by atoms with Crippen molar-refractivity contribution >= 4 is 22.4 Å². The van der Waals surface area contributed by atoms with E-state index in [4.69, 9.17) is 5.73 Å². The maximum atomic E-state index is 11.5. The number of nitrogens with zero attached hydrogens (tertiary/aromatic N) is 1. The van der Waals surface area contributed by atoms with Crippen molar-refractivity contribution in [2.75, 3.05) is 25.9 Å². The molecule has 1 atom stereocenters. The van der Waals surface area contributed by atoms with Crippen molar-refractivity contribution in [1.82, 2.24) is 9.62 Å². The zero-order valence-corrected chi connectivity index (χ0v) is 12.4. The molecule has 7 heteroatoms. The van der Waals surface area contributed by atoms with Crippen LogP contribution in [0.25, 0.3) is 0 Å². The summed E-state index contributed by atoms with van der Waals surface area (Å²) in [5.41, 5.74) is 5.70. The fourth-order valence-electron chi connectivity index (χ4n) is 2.15. The van der Waals surface area contributed by atoms with Crippen molar-refractivity contribution in [3.05, 3.63) is 0 Å². The van der Waals surface area contributed by atoms with Crippen LogP contribution in [-0.2, 0) is 10.0 Å². The van der Waals surface area contributed by atoms with Gasteiger partial charge >= 0.3 is 0 Å². The lowest BCUT2D eigenvalue weighted by molar-refractivity contribution is 0.221. The first-order chi connectivity index (χ1) is 7.23. The number of likely N-dealkylation sites (tertiary alicyclic amines) is 1. The first-order valence-corrected chi connectivity index (χ1v) is 7.33. The molecule has 1 rings (SSSR count). The van der Waals surface area contributed by atoms with E-state index in [-0.39, 0.29) is 29.7 Å². The average molecular weight is 286 g/mol. The SMILES string of the molecule is CNS(=O)(=O)CC1CCCN1CC(C)(C)N.Cl. The molecule has 1 heterocycles. The van der Waals surface area contributed by atoms with Gasteiger partial charge in [0.15, 0.2) is 0 Å². The van der Waals surface area contributed by atoms with E-state index < -0.39 is 10.0 Å². The van der Waals surface area contributed by atoms with Gasteiger partial charge in [0.05, 0.1) is 5.75 Å². The van der Waals surface area contributed by atoms with E-state index in [9.17, 15) is 8.42 Å². The van der Waals surface area contributed by atoms with Crippen LogP contribution in [0.2, 0.25) is 0 Å². The second kappa shape index (κ2) is 6.33. The van der Waals surface area contributed by atoms with Crippen molar-refractivity contribution in [3.63, 3.8) is 0 Å². The maximum absolute atomic E-state index is 11.5. The first-order valence-electron chi connectivity index (χ1n) is 5.68. The molecule has 0 aromatic heterocycles. The van der Waals surface area contributed by atoms with Crippen LogP contribution in [0.15, 0.2) is 0 Å². The van der Waals surface area contributed by atoms with Crippen LogP contribution in [0.5, 0.6) is 0 Å². The van der Waals surface area contributed by atoms with E-state index in [1.54, 1.807) is 0 Å². The topological polar surface area (TPSA) is 75.4 Å². The van der Waals surface area contributed by atoms with E-state index in [0.717, 1.165) is 25.9 Å². The molecule has 1 aliphatic heterocycles. The molecule has 0 spiro atoms. The van der Waals surface area contributed by atoms with E-state index in [2.05, 4.69) is 9.62 Å². The van der Waals surface area contributed by atoms with Crippen LogP contribution in [0.1, 0.15) is 26.7 Å². The third kappa shape index (κ3) is 6.01. The minimum absolute atomic E-state index is 0. The third-order valence-corrected chi connectivity index (χ3v) is 4.28. The summed E-state index contributed by atoms with van der Waals surface area (Å²) in [6, 6.07) is 0.111. The zero-order chi connectivity index (χ0) is 12.4. The lowest BCUT2D eigenvalue weighted by Gasteiger charge is -2.30. The summed E-state index contributed by atoms with van der Waals surface area (Å²) >= 11 is 0. The number of nitrogens with one attached hydrogen (secondary N) is 1. The molecular formula is C10H24ClN3O2S. The van der Waals surface area contributed by atoms with E-state index in [1.165, 1.54) is 7.05 Å². The van der Waals surface area contributed by atoms with E-state index >= 15 is 0 Å². The van der Waals surface area contributed by atoms with Gasteiger partial charge in [0, 0.05) is 18.1 Å². The highest BCUT2D eigenvalue weighted by Crippen LogP contribution is 2.20. The van der Waals surface area contributed by atoms with Crippen LogP contribution >= 0.6 is 12.4 Å². The summed E-state index contributed by atoms with van der Waals surface area (Å²) < 4.78 is 25.4. The lowest BCUT2D eigenvalue weighted by Crippen LogP contribution is -2.49. The van der Waals surface area contributed by atoms with Crippen molar-refractivity contribution in [2.24, 2.45) is 5.73 Å². The van der Waals surface area contributed by atoms with Gasteiger partial charge in [-0.3, -0.25) is 4.90 Å². The molecular weight excluding hydrogens is 262 g/mol. The summed E-state index contributed by atoms with van der Waals surface area (Å²) in [6.45, 7) is 5.63. The first kappa shape index (κ1) is 17.1. The molecule has 1 saturated heterocycles. The molecule has 0 aromatic carbocycles. The van der Waals surface area contributed by atoms with Crippen molar-refractivity contribution < 1.29 is 8.42 Å². The normalized spacial score (nSPS) is 22.5. The Labute approximate surface area is 111 Å². The highest BCUT2D eigenvalue weighted by atomic mass is 35.5. The Morgan fingerprint density at radius 1 is 1.47 bits per heavy atom. The second-order valence-electron chi connectivity index (χ2n) is 5.24. The largest absolute Gasteiger partial charge is 0.324 e. The molecule has 1 aliphatic rings. The van der Waals surface area contributed by atoms with Crippen molar-refractivity contribution in [1.29, 1.82) is 0 Å². The van der Waals surface area contributed by atoms with Crippen molar-refractivity contribution in [3.8, 4) is 0 Å². The molecule has 5 nitrogen and oxygen atoms in total. The van der Waals surface area contributed by atoms with Gasteiger partial charge in [-0.15, -0.1) is 12.4 Å². The van der Waals surface area contributed by atoms with Gasteiger partial charge in [-0.1, -0.05) is 0 Å². The van der Waals surface area contributed by atoms with E-state index in [0.29, 0.717) is 0 Å². The minimum Gasteiger partial charge on any atom is -0.324 e. The Kier molecular flexibility index (Phi) is 6.38. The number of halogens is 1. The number of hydrogen-bond donors (Lipinski definition) is 2. The summed E-state index contributed by atoms with van der Waals surface area (Å²) in [4.78, 5) is 2.19. The zero-order valence-electron chi connectivity index (χ0n) is 10.8. The maximum Gasteiger partial charge on any atom is 0.212 e. The second-order valence-corrected chi connectivity index (χ2v) is 7.21. The summed E-state index contributed by atoms with van der Waals surface area (Å²) in [6.07, 6.45) is 2.00. The number of sulfonamides is 1. The molecule has 0 saturated carbocycles. The summed E-state index contributed by atoms with van der Waals surface area (Å²) in [5, 5.41) is 0. The monoisotopic (exact) mass is 285 g/mol. The molecule has 0 aliphatic carbocycles. The molecule has 0 bridgehead atoms. The number of hydrogen-bond acceptors (Lipinski definition) is 4. The molecule has 17 heavy (non-hydrogen) atoms. The third-order valence-electron chi connectivity index (χ3n) is 2.83.